The number of hydrogen-bond acceptors (Lipinski definition) is 4. The van der Waals surface area contributed by atoms with Crippen molar-refractivity contribution < 1.29 is 9.53 Å². The molecule has 1 aromatic carbocycles. The summed E-state index contributed by atoms with van der Waals surface area (Å²) >= 11 is 0. The van der Waals surface area contributed by atoms with Gasteiger partial charge in [-0.05, 0) is 49.2 Å². The van der Waals surface area contributed by atoms with Crippen LogP contribution in [-0.4, -0.2) is 35.4 Å². The molecular formula is C17H20N4O2. The molecule has 2 aromatic rings. The van der Waals surface area contributed by atoms with Crippen LogP contribution in [0.25, 0.3) is 0 Å². The highest BCUT2D eigenvalue weighted by molar-refractivity contribution is 6.02. The number of benzene rings is 1. The van der Waals surface area contributed by atoms with Crippen molar-refractivity contribution in [3.8, 4) is 5.75 Å². The third kappa shape index (κ3) is 2.94. The number of piperidine rings is 1. The molecule has 0 saturated carbocycles. The van der Waals surface area contributed by atoms with Crippen LogP contribution >= 0.6 is 0 Å². The van der Waals surface area contributed by atoms with Crippen LogP contribution in [0, 0.1) is 0 Å². The standard InChI is InChI=1S/C17H20N4O2/c22-17(19-13-3-4-16-12(10-13)6-9-23-16)15-5-8-21(20-15)14-2-1-7-18-11-14/h3-5,8,10,14,18H,1-2,6-7,9,11H2,(H,19,22). The Hall–Kier alpha value is -2.34. The smallest absolute Gasteiger partial charge is 0.276 e. The Morgan fingerprint density at radius 2 is 2.35 bits per heavy atom. The fraction of sp³-hybridized carbons (Fsp3) is 0.412. The summed E-state index contributed by atoms with van der Waals surface area (Å²) in [7, 11) is 0. The number of amides is 1. The molecule has 23 heavy (non-hydrogen) atoms. The van der Waals surface area contributed by atoms with E-state index in [4.69, 9.17) is 4.74 Å². The summed E-state index contributed by atoms with van der Waals surface area (Å²) in [6.45, 7) is 2.69. The molecule has 2 aliphatic heterocycles. The molecule has 1 aromatic heterocycles. The maximum Gasteiger partial charge on any atom is 0.276 e. The molecule has 3 heterocycles. The normalized spacial score (nSPS) is 19.9. The highest BCUT2D eigenvalue weighted by Gasteiger charge is 2.18. The van der Waals surface area contributed by atoms with Gasteiger partial charge in [-0.15, -0.1) is 0 Å². The number of aromatic nitrogens is 2. The Morgan fingerprint density at radius 1 is 1.39 bits per heavy atom. The largest absolute Gasteiger partial charge is 0.493 e. The van der Waals surface area contributed by atoms with E-state index >= 15 is 0 Å². The number of nitrogens with zero attached hydrogens (tertiary/aromatic N) is 2. The van der Waals surface area contributed by atoms with Gasteiger partial charge >= 0.3 is 0 Å². The average molecular weight is 312 g/mol. The fourth-order valence-corrected chi connectivity index (χ4v) is 3.18. The van der Waals surface area contributed by atoms with Crippen LogP contribution < -0.4 is 15.4 Å². The third-order valence-electron chi connectivity index (χ3n) is 4.43. The second-order valence-corrected chi connectivity index (χ2v) is 6.06. The van der Waals surface area contributed by atoms with E-state index in [2.05, 4.69) is 15.7 Å². The second kappa shape index (κ2) is 6.04. The quantitative estimate of drug-likeness (QED) is 0.909. The van der Waals surface area contributed by atoms with E-state index in [1.807, 2.05) is 29.1 Å². The van der Waals surface area contributed by atoms with Crippen molar-refractivity contribution in [2.24, 2.45) is 0 Å². The van der Waals surface area contributed by atoms with Crippen molar-refractivity contribution >= 4 is 11.6 Å². The summed E-state index contributed by atoms with van der Waals surface area (Å²) in [6, 6.07) is 7.86. The summed E-state index contributed by atoms with van der Waals surface area (Å²) in [6.07, 6.45) is 5.02. The Labute approximate surface area is 134 Å². The molecule has 1 amide bonds. The van der Waals surface area contributed by atoms with Gasteiger partial charge < -0.3 is 15.4 Å². The summed E-state index contributed by atoms with van der Waals surface area (Å²) in [5.41, 5.74) is 2.38. The minimum absolute atomic E-state index is 0.175. The van der Waals surface area contributed by atoms with Gasteiger partial charge in [0.25, 0.3) is 5.91 Å². The first kappa shape index (κ1) is 14.3. The first-order chi connectivity index (χ1) is 11.3. The summed E-state index contributed by atoms with van der Waals surface area (Å²) in [5, 5.41) is 10.7. The lowest BCUT2D eigenvalue weighted by atomic mass is 10.1. The van der Waals surface area contributed by atoms with Crippen LogP contribution in [0.4, 0.5) is 5.69 Å². The van der Waals surface area contributed by atoms with Gasteiger partial charge in [-0.2, -0.15) is 5.10 Å². The van der Waals surface area contributed by atoms with E-state index in [-0.39, 0.29) is 5.91 Å². The summed E-state index contributed by atoms with van der Waals surface area (Å²) < 4.78 is 7.38. The van der Waals surface area contributed by atoms with Gasteiger partial charge in [0, 0.05) is 24.8 Å². The van der Waals surface area contributed by atoms with E-state index in [9.17, 15) is 4.79 Å². The lowest BCUT2D eigenvalue weighted by Crippen LogP contribution is -2.32. The molecule has 1 saturated heterocycles. The molecule has 120 valence electrons. The Balaban J connectivity index is 1.45. The molecule has 2 N–H and O–H groups in total. The molecule has 6 nitrogen and oxygen atoms in total. The lowest BCUT2D eigenvalue weighted by molar-refractivity contribution is 0.102. The molecule has 6 heteroatoms. The average Bonchev–Trinajstić information content (AvgIpc) is 3.24. The summed E-state index contributed by atoms with van der Waals surface area (Å²) in [5.74, 6) is 0.739. The second-order valence-electron chi connectivity index (χ2n) is 6.06. The number of hydrogen-bond donors (Lipinski definition) is 2. The van der Waals surface area contributed by atoms with Crippen LogP contribution in [-0.2, 0) is 6.42 Å². The van der Waals surface area contributed by atoms with Crippen LogP contribution in [0.1, 0.15) is 34.9 Å². The zero-order chi connectivity index (χ0) is 15.6. The highest BCUT2D eigenvalue weighted by Crippen LogP contribution is 2.28. The molecule has 0 bridgehead atoms. The number of fused-ring (bicyclic) bond motifs is 1. The van der Waals surface area contributed by atoms with Gasteiger partial charge in [-0.25, -0.2) is 0 Å². The van der Waals surface area contributed by atoms with Crippen LogP contribution in [0.2, 0.25) is 0 Å². The maximum absolute atomic E-state index is 12.4. The molecule has 0 spiro atoms. The molecule has 1 unspecified atom stereocenters. The van der Waals surface area contributed by atoms with E-state index in [1.165, 1.54) is 0 Å². The fourth-order valence-electron chi connectivity index (χ4n) is 3.18. The van der Waals surface area contributed by atoms with Gasteiger partial charge in [0.15, 0.2) is 5.69 Å². The van der Waals surface area contributed by atoms with E-state index in [0.29, 0.717) is 18.3 Å². The predicted molar refractivity (Wildman–Crippen MR) is 87.0 cm³/mol. The number of rotatable bonds is 3. The van der Waals surface area contributed by atoms with E-state index in [0.717, 1.165) is 49.4 Å². The van der Waals surface area contributed by atoms with Crippen molar-refractivity contribution in [3.63, 3.8) is 0 Å². The molecule has 0 aliphatic carbocycles. The number of anilines is 1. The van der Waals surface area contributed by atoms with Crippen molar-refractivity contribution in [2.45, 2.75) is 25.3 Å². The Morgan fingerprint density at radius 3 is 3.22 bits per heavy atom. The van der Waals surface area contributed by atoms with Crippen molar-refractivity contribution in [2.75, 3.05) is 25.0 Å². The van der Waals surface area contributed by atoms with E-state index < -0.39 is 0 Å². The van der Waals surface area contributed by atoms with Crippen molar-refractivity contribution in [1.82, 2.24) is 15.1 Å². The Bertz CT molecular complexity index is 719. The molecule has 4 rings (SSSR count). The van der Waals surface area contributed by atoms with Gasteiger partial charge in [0.2, 0.25) is 0 Å². The predicted octanol–water partition coefficient (Wildman–Crippen LogP) is 1.99. The van der Waals surface area contributed by atoms with Gasteiger partial charge in [-0.3, -0.25) is 9.48 Å². The van der Waals surface area contributed by atoms with Gasteiger partial charge in [0.1, 0.15) is 5.75 Å². The molecular weight excluding hydrogens is 292 g/mol. The zero-order valence-electron chi connectivity index (χ0n) is 12.9. The molecule has 0 radical (unpaired) electrons. The van der Waals surface area contributed by atoms with Gasteiger partial charge in [0.05, 0.1) is 12.6 Å². The van der Waals surface area contributed by atoms with Crippen LogP contribution in [0.15, 0.2) is 30.5 Å². The van der Waals surface area contributed by atoms with Crippen molar-refractivity contribution in [1.29, 1.82) is 0 Å². The molecule has 1 fully saturated rings. The minimum Gasteiger partial charge on any atom is -0.493 e. The molecule has 2 aliphatic rings. The number of carbonyl (C=O) groups excluding carboxylic acids is 1. The van der Waals surface area contributed by atoms with Crippen LogP contribution in [0.3, 0.4) is 0 Å². The summed E-state index contributed by atoms with van der Waals surface area (Å²) in [4.78, 5) is 12.4. The lowest BCUT2D eigenvalue weighted by Gasteiger charge is -2.22. The number of ether oxygens (including phenoxy) is 1. The highest BCUT2D eigenvalue weighted by atomic mass is 16.5. The van der Waals surface area contributed by atoms with Crippen molar-refractivity contribution in [3.05, 3.63) is 41.7 Å². The Kier molecular flexibility index (Phi) is 3.75. The van der Waals surface area contributed by atoms with E-state index in [1.54, 1.807) is 6.07 Å². The van der Waals surface area contributed by atoms with Gasteiger partial charge in [-0.1, -0.05) is 0 Å². The third-order valence-corrected chi connectivity index (χ3v) is 4.43. The van der Waals surface area contributed by atoms with Crippen LogP contribution in [0.5, 0.6) is 5.75 Å². The first-order valence-corrected chi connectivity index (χ1v) is 8.12. The SMILES string of the molecule is O=C(Nc1ccc2c(c1)CCO2)c1ccn(C2CCCNC2)n1. The maximum atomic E-state index is 12.4. The first-order valence-electron chi connectivity index (χ1n) is 8.12. The molecule has 1 atom stereocenters. The number of nitrogens with one attached hydrogen (secondary N) is 2. The minimum atomic E-state index is -0.175. The topological polar surface area (TPSA) is 68.2 Å². The monoisotopic (exact) mass is 312 g/mol. The number of carbonyl (C=O) groups is 1. The zero-order valence-corrected chi connectivity index (χ0v) is 12.9.